The predicted octanol–water partition coefficient (Wildman–Crippen LogP) is 2.43. The fourth-order valence-electron chi connectivity index (χ4n) is 2.47. The number of aromatic carboxylic acids is 1. The number of carbonyl (C=O) groups excluding carboxylic acids is 1. The van der Waals surface area contributed by atoms with Crippen LogP contribution in [0.15, 0.2) is 48.0 Å². The Morgan fingerprint density at radius 2 is 1.81 bits per heavy atom. The van der Waals surface area contributed by atoms with Crippen LogP contribution in [0.5, 0.6) is 11.5 Å². The molecule has 0 fully saturated rings. The van der Waals surface area contributed by atoms with Crippen molar-refractivity contribution in [2.75, 3.05) is 7.11 Å². The third-order valence-electron chi connectivity index (χ3n) is 3.77. The fourth-order valence-corrected chi connectivity index (χ4v) is 2.47. The zero-order chi connectivity index (χ0) is 18.4. The standard InChI is InChI=1S/C21H22O4.Ca/c1-14(2)9-12-17-18(25-3)13-16(19(20(17)22)21(23)24)11-10-15-7-5-4-6-8-15;/h4-11,13,22H,12H2,1-3H3,(H,23,24);/q;+2/p-2/b11-10+;. The summed E-state index contributed by atoms with van der Waals surface area (Å²) in [6.07, 6.45) is 5.51. The van der Waals surface area contributed by atoms with Gasteiger partial charge >= 0.3 is 37.7 Å². The molecule has 0 aromatic heterocycles. The SMILES string of the molecule is COc1cc(/C=C/c2ccccc2)c(C(=O)[O-])c([O-])c1CC=C(C)C.[Ca+2]. The van der Waals surface area contributed by atoms with Gasteiger partial charge in [0.15, 0.2) is 0 Å². The van der Waals surface area contributed by atoms with Crippen LogP contribution in [0.4, 0.5) is 0 Å². The fraction of sp³-hybridized carbons (Fsp3) is 0.190. The van der Waals surface area contributed by atoms with Crippen LogP contribution < -0.4 is 14.9 Å². The second-order valence-electron chi connectivity index (χ2n) is 5.87. The smallest absolute Gasteiger partial charge is 0.872 e. The van der Waals surface area contributed by atoms with Crippen molar-refractivity contribution in [1.82, 2.24) is 0 Å². The van der Waals surface area contributed by atoms with Crippen molar-refractivity contribution in [2.45, 2.75) is 20.3 Å². The molecule has 0 atom stereocenters. The molecule has 5 heteroatoms. The Kier molecular flexibility index (Phi) is 8.93. The van der Waals surface area contributed by atoms with Gasteiger partial charge in [-0.15, -0.1) is 0 Å². The summed E-state index contributed by atoms with van der Waals surface area (Å²) in [7, 11) is 1.46. The Morgan fingerprint density at radius 1 is 1.15 bits per heavy atom. The van der Waals surface area contributed by atoms with Crippen LogP contribution in [0.25, 0.3) is 12.2 Å². The van der Waals surface area contributed by atoms with Crippen molar-refractivity contribution in [3.05, 3.63) is 70.3 Å². The largest absolute Gasteiger partial charge is 2.00 e. The summed E-state index contributed by atoms with van der Waals surface area (Å²) in [6, 6.07) is 11.0. The molecule has 0 N–H and O–H groups in total. The van der Waals surface area contributed by atoms with Crippen LogP contribution in [0, 0.1) is 0 Å². The van der Waals surface area contributed by atoms with E-state index in [9.17, 15) is 15.0 Å². The van der Waals surface area contributed by atoms with Crippen molar-refractivity contribution in [1.29, 1.82) is 0 Å². The number of benzene rings is 2. The molecule has 26 heavy (non-hydrogen) atoms. The number of methoxy groups -OCH3 is 1. The number of ether oxygens (including phenoxy) is 1. The zero-order valence-electron chi connectivity index (χ0n) is 15.2. The normalized spacial score (nSPS) is 10.3. The minimum absolute atomic E-state index is 0. The van der Waals surface area contributed by atoms with Gasteiger partial charge in [-0.1, -0.05) is 59.9 Å². The number of rotatable bonds is 6. The van der Waals surface area contributed by atoms with Crippen molar-refractivity contribution in [3.63, 3.8) is 0 Å². The van der Waals surface area contributed by atoms with E-state index in [0.29, 0.717) is 17.7 Å². The molecule has 0 aliphatic rings. The average Bonchev–Trinajstić information content (AvgIpc) is 2.58. The first-order chi connectivity index (χ1) is 11.9. The van der Waals surface area contributed by atoms with Crippen LogP contribution in [0.2, 0.25) is 0 Å². The molecule has 2 aromatic rings. The third-order valence-corrected chi connectivity index (χ3v) is 3.77. The number of carboxylic acids is 1. The summed E-state index contributed by atoms with van der Waals surface area (Å²) in [5.41, 5.74) is 2.17. The molecule has 0 unspecified atom stereocenters. The second-order valence-corrected chi connectivity index (χ2v) is 5.87. The van der Waals surface area contributed by atoms with Gasteiger partial charge in [0.1, 0.15) is 5.75 Å². The summed E-state index contributed by atoms with van der Waals surface area (Å²) < 4.78 is 5.31. The van der Waals surface area contributed by atoms with E-state index in [2.05, 4.69) is 0 Å². The molecule has 0 radical (unpaired) electrons. The maximum atomic E-state index is 12.7. The quantitative estimate of drug-likeness (QED) is 0.441. The molecule has 0 bridgehead atoms. The first-order valence-corrected chi connectivity index (χ1v) is 7.92. The monoisotopic (exact) mass is 376 g/mol. The Bertz CT molecular complexity index is 820. The van der Waals surface area contributed by atoms with E-state index in [4.69, 9.17) is 4.74 Å². The summed E-state index contributed by atoms with van der Waals surface area (Å²) in [5.74, 6) is -1.68. The third kappa shape index (κ3) is 5.63. The molecular weight excluding hydrogens is 356 g/mol. The van der Waals surface area contributed by atoms with Gasteiger partial charge in [0, 0.05) is 0 Å². The minimum Gasteiger partial charge on any atom is -0.872 e. The Balaban J connectivity index is 0.00000338. The van der Waals surface area contributed by atoms with Crippen molar-refractivity contribution >= 4 is 55.9 Å². The van der Waals surface area contributed by atoms with Gasteiger partial charge in [-0.2, -0.15) is 0 Å². The van der Waals surface area contributed by atoms with Crippen molar-refractivity contribution in [2.24, 2.45) is 0 Å². The zero-order valence-corrected chi connectivity index (χ0v) is 17.5. The van der Waals surface area contributed by atoms with E-state index in [1.807, 2.05) is 50.3 Å². The summed E-state index contributed by atoms with van der Waals surface area (Å²) in [4.78, 5) is 11.5. The molecule has 4 nitrogen and oxygen atoms in total. The van der Waals surface area contributed by atoms with E-state index < -0.39 is 11.7 Å². The van der Waals surface area contributed by atoms with Gasteiger partial charge in [0.25, 0.3) is 0 Å². The van der Waals surface area contributed by atoms with E-state index in [1.54, 1.807) is 18.2 Å². The average molecular weight is 376 g/mol. The molecule has 0 aliphatic heterocycles. The number of hydrogen-bond acceptors (Lipinski definition) is 4. The van der Waals surface area contributed by atoms with Gasteiger partial charge in [-0.3, -0.25) is 0 Å². The summed E-state index contributed by atoms with van der Waals surface area (Å²) >= 11 is 0. The van der Waals surface area contributed by atoms with Gasteiger partial charge in [-0.25, -0.2) is 0 Å². The Hall–Kier alpha value is -1.75. The Morgan fingerprint density at radius 3 is 2.35 bits per heavy atom. The number of hydrogen-bond donors (Lipinski definition) is 0. The van der Waals surface area contributed by atoms with Crippen molar-refractivity contribution < 1.29 is 19.7 Å². The first-order valence-electron chi connectivity index (χ1n) is 7.92. The van der Waals surface area contributed by atoms with Crippen LogP contribution >= 0.6 is 0 Å². The van der Waals surface area contributed by atoms with Gasteiger partial charge in [0.2, 0.25) is 0 Å². The van der Waals surface area contributed by atoms with E-state index in [-0.39, 0.29) is 48.9 Å². The molecule has 2 rings (SSSR count). The second kappa shape index (κ2) is 10.4. The van der Waals surface area contributed by atoms with Gasteiger partial charge < -0.3 is 19.7 Å². The minimum atomic E-state index is -1.49. The molecule has 0 spiro atoms. The Labute approximate surface area is 183 Å². The molecule has 130 valence electrons. The van der Waals surface area contributed by atoms with Gasteiger partial charge in [-0.05, 0) is 48.6 Å². The van der Waals surface area contributed by atoms with Crippen LogP contribution in [-0.4, -0.2) is 50.8 Å². The molecule has 0 heterocycles. The van der Waals surface area contributed by atoms with Gasteiger partial charge in [0.05, 0.1) is 13.1 Å². The molecule has 0 amide bonds. The predicted molar refractivity (Wildman–Crippen MR) is 101 cm³/mol. The molecular formula is C21H20CaO4. The summed E-state index contributed by atoms with van der Waals surface area (Å²) in [6.45, 7) is 3.82. The van der Waals surface area contributed by atoms with Crippen molar-refractivity contribution in [3.8, 4) is 11.5 Å². The molecule has 0 saturated carbocycles. The van der Waals surface area contributed by atoms with Crippen LogP contribution in [0.1, 0.15) is 40.9 Å². The van der Waals surface area contributed by atoms with Crippen LogP contribution in [0.3, 0.4) is 0 Å². The van der Waals surface area contributed by atoms with E-state index in [0.717, 1.165) is 11.1 Å². The number of carbonyl (C=O) groups is 1. The molecule has 0 saturated heterocycles. The number of allylic oxidation sites excluding steroid dienone is 2. The maximum absolute atomic E-state index is 12.7. The number of carboxylic acid groups (broad SMARTS) is 1. The molecule has 0 aliphatic carbocycles. The summed E-state index contributed by atoms with van der Waals surface area (Å²) in [5, 5.41) is 24.2. The topological polar surface area (TPSA) is 72.4 Å². The van der Waals surface area contributed by atoms with E-state index in [1.165, 1.54) is 7.11 Å². The maximum Gasteiger partial charge on any atom is 2.00 e. The van der Waals surface area contributed by atoms with E-state index >= 15 is 0 Å². The first kappa shape index (κ1) is 22.3. The molecule has 2 aromatic carbocycles. The van der Waals surface area contributed by atoms with Crippen LogP contribution in [-0.2, 0) is 6.42 Å².